The highest BCUT2D eigenvalue weighted by molar-refractivity contribution is 6.72. The van der Waals surface area contributed by atoms with Crippen LogP contribution in [0.25, 0.3) is 11.0 Å². The highest BCUT2D eigenvalue weighted by Gasteiger charge is 2.30. The molecule has 0 bridgehead atoms. The first kappa shape index (κ1) is 10.8. The Morgan fingerprint density at radius 1 is 1.44 bits per heavy atom. The highest BCUT2D eigenvalue weighted by Crippen LogP contribution is 2.25. The second kappa shape index (κ2) is 3.73. The van der Waals surface area contributed by atoms with Gasteiger partial charge in [0.25, 0.3) is 0 Å². The van der Waals surface area contributed by atoms with Crippen molar-refractivity contribution in [3.63, 3.8) is 0 Å². The van der Waals surface area contributed by atoms with E-state index in [0.29, 0.717) is 6.61 Å². The summed E-state index contributed by atoms with van der Waals surface area (Å²) in [6, 6.07) is 2.30. The van der Waals surface area contributed by atoms with Gasteiger partial charge in [0, 0.05) is 11.9 Å². The van der Waals surface area contributed by atoms with E-state index in [0.717, 1.165) is 6.07 Å². The summed E-state index contributed by atoms with van der Waals surface area (Å²) in [4.78, 5) is 3.85. The average molecular weight is 230 g/mol. The molecule has 0 aliphatic carbocycles. The number of hydrogen-bond acceptors (Lipinski definition) is 3. The van der Waals surface area contributed by atoms with Crippen molar-refractivity contribution in [3.05, 3.63) is 18.3 Å². The normalized spacial score (nSPS) is 12.0. The molecule has 0 aliphatic rings. The SMILES string of the molecule is CCOc1nccc2oc([B-](F)(F)F)cc12. The van der Waals surface area contributed by atoms with Crippen LogP contribution in [0, 0.1) is 0 Å². The highest BCUT2D eigenvalue weighted by atomic mass is 19.4. The molecule has 0 fully saturated rings. The molecule has 86 valence electrons. The average Bonchev–Trinajstić information content (AvgIpc) is 2.62. The summed E-state index contributed by atoms with van der Waals surface area (Å²) in [5, 5.41) is 0.249. The molecule has 2 aromatic heterocycles. The van der Waals surface area contributed by atoms with Gasteiger partial charge in [0.05, 0.1) is 12.0 Å². The molecular formula is C9H8BF3NO2-. The van der Waals surface area contributed by atoms with E-state index in [2.05, 4.69) is 4.98 Å². The van der Waals surface area contributed by atoms with E-state index < -0.39 is 12.6 Å². The number of ether oxygens (including phenoxy) is 1. The van der Waals surface area contributed by atoms with Crippen LogP contribution in [-0.4, -0.2) is 18.6 Å². The smallest absolute Gasteiger partial charge is 0.493 e. The van der Waals surface area contributed by atoms with Crippen molar-refractivity contribution in [2.45, 2.75) is 6.92 Å². The zero-order valence-electron chi connectivity index (χ0n) is 8.41. The fourth-order valence-corrected chi connectivity index (χ4v) is 1.37. The first-order chi connectivity index (χ1) is 7.52. The fourth-order valence-electron chi connectivity index (χ4n) is 1.37. The second-order valence-electron chi connectivity index (χ2n) is 3.18. The first-order valence-corrected chi connectivity index (χ1v) is 4.73. The van der Waals surface area contributed by atoms with Gasteiger partial charge in [-0.1, -0.05) is 0 Å². The molecular weight excluding hydrogens is 222 g/mol. The maximum Gasteiger partial charge on any atom is 0.544 e. The van der Waals surface area contributed by atoms with E-state index in [1.165, 1.54) is 12.3 Å². The molecule has 0 unspecified atom stereocenters. The second-order valence-corrected chi connectivity index (χ2v) is 3.18. The summed E-state index contributed by atoms with van der Waals surface area (Å²) in [7, 11) is 0. The predicted molar refractivity (Wildman–Crippen MR) is 53.9 cm³/mol. The van der Waals surface area contributed by atoms with Crippen LogP contribution in [0.4, 0.5) is 12.9 Å². The lowest BCUT2D eigenvalue weighted by molar-refractivity contribution is 0.331. The van der Waals surface area contributed by atoms with Gasteiger partial charge in [-0.15, -0.1) is 0 Å². The Morgan fingerprint density at radius 2 is 2.19 bits per heavy atom. The van der Waals surface area contributed by atoms with Gasteiger partial charge in [-0.25, -0.2) is 4.98 Å². The maximum absolute atomic E-state index is 12.5. The Labute approximate surface area is 89.3 Å². The number of halogens is 3. The zero-order valence-corrected chi connectivity index (χ0v) is 8.41. The van der Waals surface area contributed by atoms with Crippen molar-refractivity contribution in [3.8, 4) is 5.88 Å². The van der Waals surface area contributed by atoms with E-state index in [1.807, 2.05) is 0 Å². The lowest BCUT2D eigenvalue weighted by Gasteiger charge is -2.08. The van der Waals surface area contributed by atoms with Crippen LogP contribution in [-0.2, 0) is 0 Å². The summed E-state index contributed by atoms with van der Waals surface area (Å²) < 4.78 is 47.2. The molecule has 0 N–H and O–H groups in total. The number of hydrogen-bond donors (Lipinski definition) is 0. The number of rotatable bonds is 3. The maximum atomic E-state index is 12.5. The largest absolute Gasteiger partial charge is 0.544 e. The summed E-state index contributed by atoms with van der Waals surface area (Å²) in [6.07, 6.45) is 1.35. The third-order valence-electron chi connectivity index (χ3n) is 2.03. The van der Waals surface area contributed by atoms with Gasteiger partial charge in [-0.3, -0.25) is 0 Å². The lowest BCUT2D eigenvalue weighted by atomic mass is 9.88. The van der Waals surface area contributed by atoms with Gasteiger partial charge < -0.3 is 22.1 Å². The molecule has 0 aliphatic heterocycles. The van der Waals surface area contributed by atoms with Gasteiger partial charge in [0.15, 0.2) is 0 Å². The van der Waals surface area contributed by atoms with E-state index in [-0.39, 0.29) is 16.8 Å². The Balaban J connectivity index is 2.57. The minimum atomic E-state index is -5.13. The molecule has 2 heterocycles. The minimum absolute atomic E-state index is 0.132. The van der Waals surface area contributed by atoms with E-state index in [4.69, 9.17) is 9.15 Å². The predicted octanol–water partition coefficient (Wildman–Crippen LogP) is 2.28. The molecule has 0 saturated carbocycles. The lowest BCUT2D eigenvalue weighted by Crippen LogP contribution is -2.32. The Morgan fingerprint density at radius 3 is 2.81 bits per heavy atom. The third kappa shape index (κ3) is 1.85. The van der Waals surface area contributed by atoms with E-state index in [1.54, 1.807) is 6.92 Å². The summed E-state index contributed by atoms with van der Waals surface area (Å²) in [5.41, 5.74) is -0.850. The number of pyridine rings is 1. The minimum Gasteiger partial charge on any atom is -0.493 e. The molecule has 0 amide bonds. The van der Waals surface area contributed by atoms with Crippen LogP contribution < -0.4 is 10.4 Å². The molecule has 0 aromatic carbocycles. The van der Waals surface area contributed by atoms with Gasteiger partial charge in [-0.05, 0) is 19.1 Å². The van der Waals surface area contributed by atoms with Crippen molar-refractivity contribution >= 4 is 23.6 Å². The number of fused-ring (bicyclic) bond motifs is 1. The summed E-state index contributed by atoms with van der Waals surface area (Å²) in [5.74, 6) is 0.162. The van der Waals surface area contributed by atoms with Crippen molar-refractivity contribution in [1.82, 2.24) is 4.98 Å². The molecule has 2 aromatic rings. The monoisotopic (exact) mass is 230 g/mol. The first-order valence-electron chi connectivity index (χ1n) is 4.73. The molecule has 2 rings (SSSR count). The molecule has 3 nitrogen and oxygen atoms in total. The summed E-state index contributed by atoms with van der Waals surface area (Å²) >= 11 is 0. The van der Waals surface area contributed by atoms with Gasteiger partial charge >= 0.3 is 6.98 Å². The Bertz CT molecular complexity index is 509. The van der Waals surface area contributed by atoms with Crippen molar-refractivity contribution < 1.29 is 22.1 Å². The van der Waals surface area contributed by atoms with Crippen molar-refractivity contribution in [1.29, 1.82) is 0 Å². The number of aromatic nitrogens is 1. The van der Waals surface area contributed by atoms with Crippen LogP contribution in [0.2, 0.25) is 0 Å². The molecule has 0 atom stereocenters. The standard InChI is InChI=1S/C9H8BF3NO2/c1-2-15-9-6-5-8(10(11,12)13)16-7(6)3-4-14-9/h3-5H,2H2,1H3/q-1. The van der Waals surface area contributed by atoms with Crippen LogP contribution in [0.1, 0.15) is 6.92 Å². The van der Waals surface area contributed by atoms with Crippen molar-refractivity contribution in [2.75, 3.05) is 6.61 Å². The summed E-state index contributed by atoms with van der Waals surface area (Å²) in [6.45, 7) is -3.07. The van der Waals surface area contributed by atoms with Gasteiger partial charge in [0.1, 0.15) is 5.58 Å². The van der Waals surface area contributed by atoms with Crippen LogP contribution in [0.15, 0.2) is 22.7 Å². The Hall–Kier alpha value is -1.66. The van der Waals surface area contributed by atoms with Crippen LogP contribution >= 0.6 is 0 Å². The molecule has 0 spiro atoms. The molecule has 0 saturated heterocycles. The van der Waals surface area contributed by atoms with E-state index in [9.17, 15) is 12.9 Å². The quantitative estimate of drug-likeness (QED) is 0.758. The van der Waals surface area contributed by atoms with Crippen LogP contribution in [0.5, 0.6) is 5.88 Å². The van der Waals surface area contributed by atoms with Crippen LogP contribution in [0.3, 0.4) is 0 Å². The topological polar surface area (TPSA) is 35.3 Å². The molecule has 0 radical (unpaired) electrons. The zero-order chi connectivity index (χ0) is 11.8. The fraction of sp³-hybridized carbons (Fsp3) is 0.222. The van der Waals surface area contributed by atoms with Gasteiger partial charge in [0.2, 0.25) is 5.88 Å². The van der Waals surface area contributed by atoms with Crippen molar-refractivity contribution in [2.24, 2.45) is 0 Å². The Kier molecular flexibility index (Phi) is 2.53. The van der Waals surface area contributed by atoms with Gasteiger partial charge in [-0.2, -0.15) is 0 Å². The molecule has 16 heavy (non-hydrogen) atoms. The number of nitrogens with zero attached hydrogens (tertiary/aromatic N) is 1. The van der Waals surface area contributed by atoms with E-state index >= 15 is 0 Å². The molecule has 7 heteroatoms. The third-order valence-corrected chi connectivity index (χ3v) is 2.03. The number of furan rings is 1.